The molecule has 0 aliphatic heterocycles. The average Bonchev–Trinajstić information content (AvgIpc) is 2.89. The summed E-state index contributed by atoms with van der Waals surface area (Å²) in [6, 6.07) is 9.94. The molecule has 3 N–H and O–H groups in total. The molecule has 0 amide bonds. The highest BCUT2D eigenvalue weighted by molar-refractivity contribution is 5.89. The number of H-pyrrole nitrogens is 1. The van der Waals surface area contributed by atoms with Gasteiger partial charge in [0.2, 0.25) is 0 Å². The first-order valence-corrected chi connectivity index (χ1v) is 7.07. The Bertz CT molecular complexity index is 754. The molecular weight excluding hydrogens is 262 g/mol. The Morgan fingerprint density at radius 3 is 2.86 bits per heavy atom. The molecular formula is C16H19N5. The van der Waals surface area contributed by atoms with Crippen LogP contribution in [0.25, 0.3) is 22.4 Å². The number of aromatic amines is 1. The third-order valence-corrected chi connectivity index (χ3v) is 3.42. The molecule has 0 bridgehead atoms. The summed E-state index contributed by atoms with van der Waals surface area (Å²) in [5.74, 6) is 0. The van der Waals surface area contributed by atoms with Crippen LogP contribution in [0.3, 0.4) is 0 Å². The summed E-state index contributed by atoms with van der Waals surface area (Å²) in [6.07, 6.45) is 3.50. The van der Waals surface area contributed by atoms with Crippen LogP contribution in [0.5, 0.6) is 0 Å². The number of nitrogens with two attached hydrogens (primary N) is 1. The van der Waals surface area contributed by atoms with E-state index in [-0.39, 0.29) is 5.54 Å². The fraction of sp³-hybridized carbons (Fsp3) is 0.312. The summed E-state index contributed by atoms with van der Waals surface area (Å²) in [6.45, 7) is 4.07. The van der Waals surface area contributed by atoms with Crippen molar-refractivity contribution in [2.24, 2.45) is 5.73 Å². The first-order chi connectivity index (χ1) is 10.0. The number of aryl methyl sites for hydroxylation is 1. The zero-order valence-electron chi connectivity index (χ0n) is 12.3. The Balaban J connectivity index is 1.92. The van der Waals surface area contributed by atoms with Gasteiger partial charge in [-0.15, -0.1) is 0 Å². The molecule has 0 atom stereocenters. The lowest BCUT2D eigenvalue weighted by Crippen LogP contribution is -2.32. The largest absolute Gasteiger partial charge is 0.326 e. The lowest BCUT2D eigenvalue weighted by molar-refractivity contribution is 0.474. The van der Waals surface area contributed by atoms with Gasteiger partial charge < -0.3 is 5.73 Å². The monoisotopic (exact) mass is 281 g/mol. The van der Waals surface area contributed by atoms with E-state index in [2.05, 4.69) is 15.2 Å². The van der Waals surface area contributed by atoms with Gasteiger partial charge in [0.25, 0.3) is 0 Å². The van der Waals surface area contributed by atoms with Crippen LogP contribution >= 0.6 is 0 Å². The van der Waals surface area contributed by atoms with Gasteiger partial charge in [-0.2, -0.15) is 5.10 Å². The van der Waals surface area contributed by atoms with Crippen LogP contribution in [-0.2, 0) is 6.42 Å². The Labute approximate surface area is 123 Å². The predicted molar refractivity (Wildman–Crippen MR) is 83.7 cm³/mol. The number of nitrogens with zero attached hydrogens (tertiary/aromatic N) is 3. The van der Waals surface area contributed by atoms with Gasteiger partial charge in [0.1, 0.15) is 0 Å². The Hall–Kier alpha value is -2.27. The zero-order chi connectivity index (χ0) is 14.9. The van der Waals surface area contributed by atoms with E-state index in [9.17, 15) is 0 Å². The van der Waals surface area contributed by atoms with E-state index in [1.165, 1.54) is 0 Å². The van der Waals surface area contributed by atoms with E-state index in [0.29, 0.717) is 5.65 Å². The van der Waals surface area contributed by atoms with E-state index < -0.39 is 0 Å². The van der Waals surface area contributed by atoms with Crippen molar-refractivity contribution in [1.82, 2.24) is 20.2 Å². The van der Waals surface area contributed by atoms with Crippen LogP contribution in [0, 0.1) is 0 Å². The van der Waals surface area contributed by atoms with Crippen molar-refractivity contribution in [3.8, 4) is 11.4 Å². The summed E-state index contributed by atoms with van der Waals surface area (Å²) in [7, 11) is 0. The maximum atomic E-state index is 6.04. The third kappa shape index (κ3) is 3.08. The van der Waals surface area contributed by atoms with Gasteiger partial charge in [-0.25, -0.2) is 4.98 Å². The summed E-state index contributed by atoms with van der Waals surface area (Å²) in [4.78, 5) is 8.95. The molecule has 0 fully saturated rings. The third-order valence-electron chi connectivity index (χ3n) is 3.42. The van der Waals surface area contributed by atoms with E-state index in [1.807, 2.05) is 44.2 Å². The molecule has 0 saturated carbocycles. The molecule has 0 spiro atoms. The molecule has 108 valence electrons. The molecule has 3 aromatic rings. The fourth-order valence-corrected chi connectivity index (χ4v) is 2.25. The second-order valence-electron chi connectivity index (χ2n) is 5.98. The van der Waals surface area contributed by atoms with Crippen LogP contribution in [0.15, 0.2) is 36.5 Å². The molecule has 21 heavy (non-hydrogen) atoms. The van der Waals surface area contributed by atoms with Gasteiger partial charge in [-0.05, 0) is 51.0 Å². The summed E-state index contributed by atoms with van der Waals surface area (Å²) >= 11 is 0. The maximum Gasteiger partial charge on any atom is 0.181 e. The maximum absolute atomic E-state index is 6.04. The minimum Gasteiger partial charge on any atom is -0.326 e. The van der Waals surface area contributed by atoms with Gasteiger partial charge in [0.15, 0.2) is 5.65 Å². The average molecular weight is 281 g/mol. The van der Waals surface area contributed by atoms with Gasteiger partial charge >= 0.3 is 0 Å². The van der Waals surface area contributed by atoms with Gasteiger partial charge in [-0.3, -0.25) is 10.1 Å². The lowest BCUT2D eigenvalue weighted by Gasteiger charge is -2.17. The molecule has 5 nitrogen and oxygen atoms in total. The number of rotatable bonds is 4. The number of pyridine rings is 2. The molecule has 3 heterocycles. The van der Waals surface area contributed by atoms with Crippen LogP contribution in [0.2, 0.25) is 0 Å². The summed E-state index contributed by atoms with van der Waals surface area (Å²) in [5.41, 5.74) is 9.41. The van der Waals surface area contributed by atoms with Crippen LogP contribution in [0.4, 0.5) is 0 Å². The molecule has 3 rings (SSSR count). The van der Waals surface area contributed by atoms with Gasteiger partial charge in [0, 0.05) is 22.8 Å². The fourth-order valence-electron chi connectivity index (χ4n) is 2.25. The number of hydrogen-bond donors (Lipinski definition) is 2. The molecule has 0 unspecified atom stereocenters. The Kier molecular flexibility index (Phi) is 3.43. The number of nitrogens with one attached hydrogen (secondary N) is 1. The molecule has 0 saturated heterocycles. The second kappa shape index (κ2) is 5.26. The lowest BCUT2D eigenvalue weighted by atomic mass is 9.98. The van der Waals surface area contributed by atoms with E-state index in [0.717, 1.165) is 35.3 Å². The predicted octanol–water partition coefficient (Wildman–Crippen LogP) is 2.69. The standard InChI is InChI=1S/C16H19N5/c1-16(2,17)9-8-11-5-3-7-13(19-11)14-12-6-4-10-18-15(12)21-20-14/h3-7,10H,8-9,17H2,1-2H3,(H,18,20,21). The highest BCUT2D eigenvalue weighted by Gasteiger charge is 2.13. The SMILES string of the molecule is CC(C)(N)CCc1cccc(-c2[nH]nc3ncccc23)n1. The normalized spacial score (nSPS) is 12.0. The van der Waals surface area contributed by atoms with Gasteiger partial charge in [-0.1, -0.05) is 6.07 Å². The Morgan fingerprint density at radius 1 is 1.19 bits per heavy atom. The van der Waals surface area contributed by atoms with Crippen molar-refractivity contribution in [3.05, 3.63) is 42.2 Å². The van der Waals surface area contributed by atoms with E-state index in [1.54, 1.807) is 6.20 Å². The summed E-state index contributed by atoms with van der Waals surface area (Å²) < 4.78 is 0. The van der Waals surface area contributed by atoms with Crippen molar-refractivity contribution in [1.29, 1.82) is 0 Å². The van der Waals surface area contributed by atoms with Crippen LogP contribution in [0.1, 0.15) is 26.0 Å². The van der Waals surface area contributed by atoms with Crippen molar-refractivity contribution in [2.45, 2.75) is 32.2 Å². The van der Waals surface area contributed by atoms with Gasteiger partial charge in [0.05, 0.1) is 11.4 Å². The minimum absolute atomic E-state index is 0.178. The molecule has 0 radical (unpaired) electrons. The first kappa shape index (κ1) is 13.7. The van der Waals surface area contributed by atoms with E-state index >= 15 is 0 Å². The Morgan fingerprint density at radius 2 is 2.05 bits per heavy atom. The molecule has 3 aromatic heterocycles. The zero-order valence-corrected chi connectivity index (χ0v) is 12.3. The van der Waals surface area contributed by atoms with Crippen molar-refractivity contribution in [3.63, 3.8) is 0 Å². The first-order valence-electron chi connectivity index (χ1n) is 7.07. The molecule has 0 aliphatic rings. The highest BCUT2D eigenvalue weighted by Crippen LogP contribution is 2.23. The minimum atomic E-state index is -0.178. The number of fused-ring (bicyclic) bond motifs is 1. The number of hydrogen-bond acceptors (Lipinski definition) is 4. The molecule has 0 aliphatic carbocycles. The van der Waals surface area contributed by atoms with Crippen LogP contribution in [-0.4, -0.2) is 25.7 Å². The quantitative estimate of drug-likeness (QED) is 0.770. The molecule has 0 aromatic carbocycles. The van der Waals surface area contributed by atoms with Crippen LogP contribution < -0.4 is 5.73 Å². The van der Waals surface area contributed by atoms with Crippen molar-refractivity contribution >= 4 is 11.0 Å². The number of aromatic nitrogens is 4. The smallest absolute Gasteiger partial charge is 0.181 e. The summed E-state index contributed by atoms with van der Waals surface area (Å²) in [5, 5.41) is 8.23. The second-order valence-corrected chi connectivity index (χ2v) is 5.98. The van der Waals surface area contributed by atoms with Crippen molar-refractivity contribution < 1.29 is 0 Å². The highest BCUT2D eigenvalue weighted by atomic mass is 15.2. The van der Waals surface area contributed by atoms with Crippen molar-refractivity contribution in [2.75, 3.05) is 0 Å². The molecule has 5 heteroatoms. The van der Waals surface area contributed by atoms with E-state index in [4.69, 9.17) is 10.7 Å². The topological polar surface area (TPSA) is 80.5 Å².